The standard InChI is InChI=1S/C15H21FN2O4S.C2HF3O2/c1-2-10-23(19,20)18-8-9-21-13-6-5-12(18)14(13)22-15-11(16)4-3-7-17-15;3-2(4,5)1(6)7/h3-4,7,12-14H,2,5-6,8-10H2,1H3;(H,6,7). The molecule has 2 aliphatic rings. The van der Waals surface area contributed by atoms with Gasteiger partial charge in [0, 0.05) is 12.7 Å². The third kappa shape index (κ3) is 6.01. The zero-order chi connectivity index (χ0) is 22.5. The quantitative estimate of drug-likeness (QED) is 0.675. The first-order valence-corrected chi connectivity index (χ1v) is 10.8. The first kappa shape index (κ1) is 24.3. The number of fused-ring (bicyclic) bond motifs is 2. The lowest BCUT2D eigenvalue weighted by molar-refractivity contribution is -0.192. The number of aliphatic carboxylic acids is 1. The fraction of sp³-hybridized carbons (Fsp3) is 0.647. The number of alkyl halides is 3. The van der Waals surface area contributed by atoms with Gasteiger partial charge in [0.1, 0.15) is 6.10 Å². The summed E-state index contributed by atoms with van der Waals surface area (Å²) in [7, 11) is -3.37. The Hall–Kier alpha value is -1.99. The van der Waals surface area contributed by atoms with E-state index < -0.39 is 34.1 Å². The molecule has 2 bridgehead atoms. The minimum atomic E-state index is -5.08. The van der Waals surface area contributed by atoms with E-state index in [0.29, 0.717) is 32.4 Å². The number of halogens is 4. The Morgan fingerprint density at radius 2 is 2.07 bits per heavy atom. The Morgan fingerprint density at radius 3 is 2.63 bits per heavy atom. The summed E-state index contributed by atoms with van der Waals surface area (Å²) in [6.45, 7) is 2.48. The van der Waals surface area contributed by atoms with Crippen molar-refractivity contribution in [2.24, 2.45) is 0 Å². The van der Waals surface area contributed by atoms with Crippen molar-refractivity contribution in [3.05, 3.63) is 24.1 Å². The molecule has 1 aliphatic heterocycles. The van der Waals surface area contributed by atoms with E-state index in [1.54, 1.807) is 0 Å². The number of sulfonamides is 1. The molecule has 1 aromatic heterocycles. The fourth-order valence-electron chi connectivity index (χ4n) is 3.32. The normalized spacial score (nSPS) is 24.5. The lowest BCUT2D eigenvalue weighted by atomic mass is 10.2. The number of aromatic nitrogens is 1. The highest BCUT2D eigenvalue weighted by atomic mass is 32.2. The molecule has 1 aromatic rings. The van der Waals surface area contributed by atoms with Gasteiger partial charge in [0.2, 0.25) is 10.0 Å². The molecule has 1 N–H and O–H groups in total. The lowest BCUT2D eigenvalue weighted by Crippen LogP contribution is -2.48. The maximum Gasteiger partial charge on any atom is 0.490 e. The van der Waals surface area contributed by atoms with Crippen molar-refractivity contribution < 1.29 is 45.4 Å². The van der Waals surface area contributed by atoms with Crippen LogP contribution in [0.25, 0.3) is 0 Å². The highest BCUT2D eigenvalue weighted by Gasteiger charge is 2.47. The molecule has 8 nitrogen and oxygen atoms in total. The van der Waals surface area contributed by atoms with Crippen LogP contribution in [0.5, 0.6) is 5.88 Å². The van der Waals surface area contributed by atoms with Crippen LogP contribution in [0.2, 0.25) is 0 Å². The number of pyridine rings is 1. The number of carboxylic acids is 1. The van der Waals surface area contributed by atoms with E-state index in [9.17, 15) is 26.0 Å². The Balaban J connectivity index is 0.000000396. The van der Waals surface area contributed by atoms with E-state index in [1.807, 2.05) is 6.92 Å². The maximum atomic E-state index is 13.8. The third-order valence-corrected chi connectivity index (χ3v) is 6.63. The van der Waals surface area contributed by atoms with E-state index in [1.165, 1.54) is 22.6 Å². The van der Waals surface area contributed by atoms with Crippen LogP contribution in [0.3, 0.4) is 0 Å². The van der Waals surface area contributed by atoms with Crippen molar-refractivity contribution in [1.82, 2.24) is 9.29 Å². The molecule has 30 heavy (non-hydrogen) atoms. The van der Waals surface area contributed by atoms with Gasteiger partial charge in [0.25, 0.3) is 5.88 Å². The molecule has 2 fully saturated rings. The average Bonchev–Trinajstić information content (AvgIpc) is 2.90. The number of rotatable bonds is 5. The van der Waals surface area contributed by atoms with Crippen LogP contribution in [0, 0.1) is 5.82 Å². The van der Waals surface area contributed by atoms with Crippen LogP contribution in [-0.2, 0) is 19.6 Å². The van der Waals surface area contributed by atoms with Crippen molar-refractivity contribution in [1.29, 1.82) is 0 Å². The Bertz CT molecular complexity index is 836. The average molecular weight is 458 g/mol. The SMILES string of the molecule is CCCS(=O)(=O)N1CCOC2CCC1C2Oc1ncccc1F.O=C(O)C(F)(F)F. The van der Waals surface area contributed by atoms with Crippen LogP contribution in [0.4, 0.5) is 17.6 Å². The van der Waals surface area contributed by atoms with Gasteiger partial charge in [-0.05, 0) is 31.4 Å². The first-order chi connectivity index (χ1) is 14.0. The van der Waals surface area contributed by atoms with Crippen molar-refractivity contribution in [3.63, 3.8) is 0 Å². The summed E-state index contributed by atoms with van der Waals surface area (Å²) in [4.78, 5) is 12.8. The van der Waals surface area contributed by atoms with Crippen molar-refractivity contribution in [3.8, 4) is 5.88 Å². The summed E-state index contributed by atoms with van der Waals surface area (Å²) in [6, 6.07) is 2.42. The highest BCUT2D eigenvalue weighted by molar-refractivity contribution is 7.89. The number of carboxylic acid groups (broad SMARTS) is 1. The van der Waals surface area contributed by atoms with E-state index in [-0.39, 0.29) is 23.8 Å². The monoisotopic (exact) mass is 458 g/mol. The van der Waals surface area contributed by atoms with Gasteiger partial charge in [-0.1, -0.05) is 6.92 Å². The second-order valence-electron chi connectivity index (χ2n) is 6.66. The van der Waals surface area contributed by atoms with Crippen LogP contribution in [0.1, 0.15) is 26.2 Å². The Kier molecular flexibility index (Phi) is 7.99. The molecule has 170 valence electrons. The summed E-state index contributed by atoms with van der Waals surface area (Å²) in [5, 5.41) is 7.12. The summed E-state index contributed by atoms with van der Waals surface area (Å²) in [6.07, 6.45) is -2.51. The van der Waals surface area contributed by atoms with Crippen LogP contribution < -0.4 is 4.74 Å². The first-order valence-electron chi connectivity index (χ1n) is 9.15. The maximum absolute atomic E-state index is 13.8. The van der Waals surface area contributed by atoms with E-state index >= 15 is 0 Å². The smallest absolute Gasteiger partial charge is 0.475 e. The van der Waals surface area contributed by atoms with E-state index in [4.69, 9.17) is 19.4 Å². The van der Waals surface area contributed by atoms with E-state index in [0.717, 1.165) is 0 Å². The molecule has 3 rings (SSSR count). The molecule has 3 unspecified atom stereocenters. The van der Waals surface area contributed by atoms with Crippen molar-refractivity contribution >= 4 is 16.0 Å². The topological polar surface area (TPSA) is 106 Å². The summed E-state index contributed by atoms with van der Waals surface area (Å²) in [5.74, 6) is -3.32. The zero-order valence-corrected chi connectivity index (χ0v) is 16.8. The largest absolute Gasteiger partial charge is 0.490 e. The van der Waals surface area contributed by atoms with Gasteiger partial charge >= 0.3 is 12.1 Å². The molecule has 1 saturated carbocycles. The highest BCUT2D eigenvalue weighted by Crippen LogP contribution is 2.34. The van der Waals surface area contributed by atoms with Crippen molar-refractivity contribution in [2.75, 3.05) is 18.9 Å². The van der Waals surface area contributed by atoms with Crippen LogP contribution in [0.15, 0.2) is 18.3 Å². The van der Waals surface area contributed by atoms with Crippen LogP contribution in [-0.4, -0.2) is 72.1 Å². The molecule has 2 heterocycles. The Morgan fingerprint density at radius 1 is 1.40 bits per heavy atom. The minimum Gasteiger partial charge on any atom is -0.475 e. The molecule has 0 spiro atoms. The Labute approximate surface area is 170 Å². The van der Waals surface area contributed by atoms with Gasteiger partial charge in [0.05, 0.1) is 24.5 Å². The van der Waals surface area contributed by atoms with Crippen LogP contribution >= 0.6 is 0 Å². The molecule has 0 aromatic carbocycles. The summed E-state index contributed by atoms with van der Waals surface area (Å²) in [5.41, 5.74) is 0. The second kappa shape index (κ2) is 9.88. The van der Waals surface area contributed by atoms with E-state index in [2.05, 4.69) is 4.98 Å². The molecular formula is C17H22F4N2O6S. The van der Waals surface area contributed by atoms with Crippen molar-refractivity contribution in [2.45, 2.75) is 50.6 Å². The lowest BCUT2D eigenvalue weighted by Gasteiger charge is -2.30. The second-order valence-corrected chi connectivity index (χ2v) is 8.70. The van der Waals surface area contributed by atoms with Gasteiger partial charge in [-0.25, -0.2) is 22.6 Å². The molecule has 13 heteroatoms. The zero-order valence-electron chi connectivity index (χ0n) is 16.0. The number of hydrogen-bond acceptors (Lipinski definition) is 6. The number of hydrogen-bond donors (Lipinski definition) is 1. The van der Waals surface area contributed by atoms with Gasteiger partial charge in [0.15, 0.2) is 5.82 Å². The van der Waals surface area contributed by atoms with Gasteiger partial charge in [-0.15, -0.1) is 0 Å². The molecule has 0 amide bonds. The number of ether oxygens (including phenoxy) is 2. The predicted molar refractivity (Wildman–Crippen MR) is 95.8 cm³/mol. The summed E-state index contributed by atoms with van der Waals surface area (Å²) < 4.78 is 83.5. The molecule has 1 saturated heterocycles. The number of carbonyl (C=O) groups is 1. The summed E-state index contributed by atoms with van der Waals surface area (Å²) >= 11 is 0. The minimum absolute atomic E-state index is 0.0961. The predicted octanol–water partition coefficient (Wildman–Crippen LogP) is 2.20. The fourth-order valence-corrected chi connectivity index (χ4v) is 5.06. The molecule has 0 radical (unpaired) electrons. The molecule has 3 atom stereocenters. The van der Waals surface area contributed by atoms with Gasteiger partial charge in [-0.2, -0.15) is 17.5 Å². The van der Waals surface area contributed by atoms with Gasteiger partial charge in [-0.3, -0.25) is 0 Å². The molecule has 1 aliphatic carbocycles. The van der Waals surface area contributed by atoms with Gasteiger partial charge < -0.3 is 14.6 Å². The number of nitrogens with zero attached hydrogens (tertiary/aromatic N) is 2. The third-order valence-electron chi connectivity index (χ3n) is 4.54. The molecular weight excluding hydrogens is 436 g/mol.